The molecule has 0 saturated carbocycles. The van der Waals surface area contributed by atoms with E-state index in [0.717, 1.165) is 6.07 Å². The van der Waals surface area contributed by atoms with Crippen LogP contribution in [0.15, 0.2) is 39.5 Å². The molecule has 1 aromatic heterocycles. The minimum Gasteiger partial charge on any atom is -0.507 e. The summed E-state index contributed by atoms with van der Waals surface area (Å²) >= 11 is 0. The summed E-state index contributed by atoms with van der Waals surface area (Å²) < 4.78 is 5.93. The van der Waals surface area contributed by atoms with Gasteiger partial charge in [0.25, 0.3) is 5.69 Å². The van der Waals surface area contributed by atoms with Crippen LogP contribution in [0.3, 0.4) is 0 Å². The van der Waals surface area contributed by atoms with E-state index < -0.39 is 22.2 Å². The van der Waals surface area contributed by atoms with Gasteiger partial charge < -0.3 is 30.2 Å². The molecule has 1 aliphatic heterocycles. The van der Waals surface area contributed by atoms with Crippen LogP contribution < -0.4 is 10.7 Å². The first-order chi connectivity index (χ1) is 15.7. The second-order valence-corrected chi connectivity index (χ2v) is 8.23. The topological polar surface area (TPSA) is 166 Å². The molecule has 3 aromatic rings. The molecular formula is C23H24N2O8. The van der Waals surface area contributed by atoms with Crippen molar-refractivity contribution in [3.05, 3.63) is 73.1 Å². The van der Waals surface area contributed by atoms with Gasteiger partial charge in [0.15, 0.2) is 0 Å². The zero-order chi connectivity index (χ0) is 23.9. The van der Waals surface area contributed by atoms with Crippen LogP contribution >= 0.6 is 0 Å². The second-order valence-electron chi connectivity index (χ2n) is 8.23. The van der Waals surface area contributed by atoms with Crippen LogP contribution in [0.1, 0.15) is 40.9 Å². The van der Waals surface area contributed by atoms with Crippen LogP contribution in [0, 0.1) is 23.0 Å². The summed E-state index contributed by atoms with van der Waals surface area (Å²) in [4.78, 5) is 23.7. The molecule has 0 amide bonds. The van der Waals surface area contributed by atoms with E-state index >= 15 is 0 Å². The number of hydrogen-bond donors (Lipinski definition) is 5. The summed E-state index contributed by atoms with van der Waals surface area (Å²) in [7, 11) is 0. The molecule has 1 fully saturated rings. The quantitative estimate of drug-likeness (QED) is 0.286. The SMILES string of the molecule is Cc1oc2c(C3CCNCC3CO)c(O)cc(O)c2c(=O)c1C(O)c1ccc([N+](=O)[O-])cc1. The number of benzene rings is 2. The largest absolute Gasteiger partial charge is 0.507 e. The second kappa shape index (κ2) is 8.81. The Labute approximate surface area is 187 Å². The highest BCUT2D eigenvalue weighted by atomic mass is 16.6. The summed E-state index contributed by atoms with van der Waals surface area (Å²) in [6.45, 7) is 2.51. The van der Waals surface area contributed by atoms with E-state index in [4.69, 9.17) is 4.42 Å². The van der Waals surface area contributed by atoms with Crippen molar-refractivity contribution in [1.82, 2.24) is 5.32 Å². The van der Waals surface area contributed by atoms with Gasteiger partial charge in [-0.25, -0.2) is 0 Å². The van der Waals surface area contributed by atoms with E-state index in [0.29, 0.717) is 25.1 Å². The lowest BCUT2D eigenvalue weighted by Crippen LogP contribution is -2.37. The number of phenolic OH excluding ortho intramolecular Hbond substituents is 2. The van der Waals surface area contributed by atoms with Crippen molar-refractivity contribution in [2.24, 2.45) is 5.92 Å². The van der Waals surface area contributed by atoms with Crippen LogP contribution in [-0.4, -0.2) is 45.0 Å². The van der Waals surface area contributed by atoms with E-state index in [1.54, 1.807) is 0 Å². The van der Waals surface area contributed by atoms with Crippen LogP contribution in [0.25, 0.3) is 11.0 Å². The fourth-order valence-corrected chi connectivity index (χ4v) is 4.59. The van der Waals surface area contributed by atoms with Crippen molar-refractivity contribution in [1.29, 1.82) is 0 Å². The van der Waals surface area contributed by atoms with Crippen LogP contribution in [-0.2, 0) is 0 Å². The number of hydrogen-bond acceptors (Lipinski definition) is 9. The Morgan fingerprint density at radius 2 is 1.94 bits per heavy atom. The van der Waals surface area contributed by atoms with Crippen molar-refractivity contribution in [2.45, 2.75) is 25.4 Å². The van der Waals surface area contributed by atoms with Crippen molar-refractivity contribution >= 4 is 16.7 Å². The molecule has 174 valence electrons. The molecule has 0 spiro atoms. The van der Waals surface area contributed by atoms with Crippen molar-refractivity contribution in [2.75, 3.05) is 19.7 Å². The number of nitrogens with zero attached hydrogens (tertiary/aromatic N) is 1. The maximum atomic E-state index is 13.4. The molecule has 4 rings (SSSR count). The number of nitrogens with one attached hydrogen (secondary N) is 1. The molecule has 0 bridgehead atoms. The molecule has 1 aliphatic rings. The Kier molecular flexibility index (Phi) is 6.07. The molecule has 33 heavy (non-hydrogen) atoms. The molecule has 2 aromatic carbocycles. The van der Waals surface area contributed by atoms with Gasteiger partial charge in [-0.3, -0.25) is 14.9 Å². The lowest BCUT2D eigenvalue weighted by molar-refractivity contribution is -0.384. The first-order valence-corrected chi connectivity index (χ1v) is 10.5. The van der Waals surface area contributed by atoms with Gasteiger partial charge in [0, 0.05) is 42.8 Å². The third kappa shape index (κ3) is 3.92. The van der Waals surface area contributed by atoms with Gasteiger partial charge in [-0.1, -0.05) is 0 Å². The first kappa shape index (κ1) is 22.7. The van der Waals surface area contributed by atoms with Crippen molar-refractivity contribution in [3.63, 3.8) is 0 Å². The summed E-state index contributed by atoms with van der Waals surface area (Å²) in [5, 5.41) is 55.7. The number of aliphatic hydroxyl groups is 2. The standard InChI is InChI=1S/C23H24N2O8/c1-11-18(21(29)12-2-4-14(5-3-12)25(31)32)22(30)20-17(28)8-16(27)19(23(20)33-11)15-6-7-24-9-13(15)10-26/h2-5,8,13,15,21,24,26-29H,6-7,9-10H2,1H3. The Balaban J connectivity index is 1.89. The summed E-state index contributed by atoms with van der Waals surface area (Å²) in [6, 6.07) is 6.19. The number of nitro groups is 1. The van der Waals surface area contributed by atoms with E-state index in [1.807, 2.05) is 0 Å². The van der Waals surface area contributed by atoms with Crippen LogP contribution in [0.5, 0.6) is 11.5 Å². The summed E-state index contributed by atoms with van der Waals surface area (Å²) in [5.41, 5.74) is -0.362. The number of non-ortho nitro benzene ring substituents is 1. The smallest absolute Gasteiger partial charge is 0.269 e. The fraction of sp³-hybridized carbons (Fsp3) is 0.348. The minimum atomic E-state index is -1.45. The Hall–Kier alpha value is -3.47. The molecule has 3 atom stereocenters. The highest BCUT2D eigenvalue weighted by Gasteiger charge is 2.33. The molecule has 5 N–H and O–H groups in total. The lowest BCUT2D eigenvalue weighted by atomic mass is 9.80. The third-order valence-electron chi connectivity index (χ3n) is 6.29. The van der Waals surface area contributed by atoms with Gasteiger partial charge in [0.2, 0.25) is 5.43 Å². The molecule has 10 heteroatoms. The minimum absolute atomic E-state index is 0.0139. The van der Waals surface area contributed by atoms with Gasteiger partial charge in [0.05, 0.1) is 10.5 Å². The maximum Gasteiger partial charge on any atom is 0.269 e. The molecule has 0 aliphatic carbocycles. The van der Waals surface area contributed by atoms with Crippen LogP contribution in [0.2, 0.25) is 0 Å². The lowest BCUT2D eigenvalue weighted by Gasteiger charge is -2.32. The van der Waals surface area contributed by atoms with E-state index in [1.165, 1.54) is 31.2 Å². The Morgan fingerprint density at radius 3 is 2.58 bits per heavy atom. The van der Waals surface area contributed by atoms with Gasteiger partial charge in [-0.2, -0.15) is 0 Å². The highest BCUT2D eigenvalue weighted by Crippen LogP contribution is 2.43. The summed E-state index contributed by atoms with van der Waals surface area (Å²) in [6.07, 6.45) is -0.874. The number of aliphatic hydroxyl groups excluding tert-OH is 2. The number of rotatable bonds is 5. The Morgan fingerprint density at radius 1 is 1.24 bits per heavy atom. The number of phenols is 2. The van der Waals surface area contributed by atoms with Gasteiger partial charge >= 0.3 is 0 Å². The molecule has 3 unspecified atom stereocenters. The number of aryl methyl sites for hydroxylation is 1. The maximum absolute atomic E-state index is 13.4. The number of nitro benzene ring substituents is 1. The first-order valence-electron chi connectivity index (χ1n) is 10.5. The molecular weight excluding hydrogens is 432 g/mol. The number of piperidine rings is 1. The van der Waals surface area contributed by atoms with Crippen molar-refractivity contribution in [3.8, 4) is 11.5 Å². The van der Waals surface area contributed by atoms with E-state index in [9.17, 15) is 35.3 Å². The predicted molar refractivity (Wildman–Crippen MR) is 119 cm³/mol. The van der Waals surface area contributed by atoms with E-state index in [2.05, 4.69) is 5.32 Å². The average molecular weight is 456 g/mol. The van der Waals surface area contributed by atoms with Crippen LogP contribution in [0.4, 0.5) is 5.69 Å². The average Bonchev–Trinajstić information content (AvgIpc) is 2.78. The zero-order valence-electron chi connectivity index (χ0n) is 17.8. The summed E-state index contributed by atoms with van der Waals surface area (Å²) in [5.74, 6) is -1.19. The third-order valence-corrected chi connectivity index (χ3v) is 6.29. The molecule has 2 heterocycles. The zero-order valence-corrected chi connectivity index (χ0v) is 17.8. The number of fused-ring (bicyclic) bond motifs is 1. The Bertz CT molecular complexity index is 1270. The highest BCUT2D eigenvalue weighted by molar-refractivity contribution is 5.89. The normalized spacial score (nSPS) is 19.5. The van der Waals surface area contributed by atoms with Gasteiger partial charge in [0.1, 0.15) is 34.3 Å². The molecule has 10 nitrogen and oxygen atoms in total. The fourth-order valence-electron chi connectivity index (χ4n) is 4.59. The predicted octanol–water partition coefficient (Wildman–Crippen LogP) is 2.19. The monoisotopic (exact) mass is 456 g/mol. The number of aromatic hydroxyl groups is 2. The van der Waals surface area contributed by atoms with Gasteiger partial charge in [-0.15, -0.1) is 0 Å². The van der Waals surface area contributed by atoms with Crippen molar-refractivity contribution < 1.29 is 29.8 Å². The molecule has 0 radical (unpaired) electrons. The van der Waals surface area contributed by atoms with E-state index in [-0.39, 0.29) is 57.7 Å². The van der Waals surface area contributed by atoms with Gasteiger partial charge in [-0.05, 0) is 43.5 Å². The molecule has 1 saturated heterocycles.